The molecule has 0 saturated heterocycles. The summed E-state index contributed by atoms with van der Waals surface area (Å²) in [5.41, 5.74) is 7.21. The van der Waals surface area contributed by atoms with E-state index in [1.54, 1.807) is 30.5 Å². The Balaban J connectivity index is 2.28. The summed E-state index contributed by atoms with van der Waals surface area (Å²) in [5.74, 6) is 0.833. The third kappa shape index (κ3) is 2.77. The smallest absolute Gasteiger partial charge is 0.175 e. The molecule has 2 aromatic rings. The fourth-order valence-corrected chi connectivity index (χ4v) is 2.29. The van der Waals surface area contributed by atoms with Crippen LogP contribution in [-0.4, -0.2) is 31.2 Å². The van der Waals surface area contributed by atoms with Crippen LogP contribution in [0.15, 0.2) is 35.4 Å². The van der Waals surface area contributed by atoms with E-state index in [-0.39, 0.29) is 0 Å². The molecule has 96 valence electrons. The predicted octanol–water partition coefficient (Wildman–Crippen LogP) is 0.981. The van der Waals surface area contributed by atoms with Gasteiger partial charge in [-0.05, 0) is 24.2 Å². The number of hydrogen-bond acceptors (Lipinski definition) is 4. The molecule has 18 heavy (non-hydrogen) atoms. The number of aromatic nitrogens is 2. The lowest BCUT2D eigenvalue weighted by Crippen LogP contribution is -2.03. The van der Waals surface area contributed by atoms with Crippen LogP contribution >= 0.6 is 0 Å². The molecule has 3 N–H and O–H groups in total. The summed E-state index contributed by atoms with van der Waals surface area (Å²) in [6, 6.07) is 6.70. The molecule has 0 radical (unpaired) electrons. The van der Waals surface area contributed by atoms with Gasteiger partial charge in [0.25, 0.3) is 0 Å². The van der Waals surface area contributed by atoms with Crippen molar-refractivity contribution in [2.45, 2.75) is 11.3 Å². The van der Waals surface area contributed by atoms with Crippen LogP contribution in [-0.2, 0) is 16.3 Å². The first-order valence-electron chi connectivity index (χ1n) is 5.55. The monoisotopic (exact) mass is 265 g/mol. The highest BCUT2D eigenvalue weighted by molar-refractivity contribution is 7.90. The minimum atomic E-state index is -3.15. The number of imidazole rings is 1. The average Bonchev–Trinajstić information content (AvgIpc) is 2.77. The number of nitrogens with zero attached hydrogens (tertiary/aromatic N) is 1. The molecule has 0 aliphatic heterocycles. The van der Waals surface area contributed by atoms with Gasteiger partial charge in [0.1, 0.15) is 5.82 Å². The Hall–Kier alpha value is -1.66. The molecule has 0 saturated carbocycles. The molecule has 1 aromatic carbocycles. The van der Waals surface area contributed by atoms with Crippen LogP contribution in [0.25, 0.3) is 11.3 Å². The quantitative estimate of drug-likeness (QED) is 0.862. The zero-order valence-corrected chi connectivity index (χ0v) is 10.9. The van der Waals surface area contributed by atoms with Crippen LogP contribution in [0.4, 0.5) is 0 Å². The summed E-state index contributed by atoms with van der Waals surface area (Å²) in [6.45, 7) is 0.542. The highest BCUT2D eigenvalue weighted by atomic mass is 32.2. The minimum Gasteiger partial charge on any atom is -0.342 e. The Morgan fingerprint density at radius 1 is 1.28 bits per heavy atom. The van der Waals surface area contributed by atoms with E-state index in [2.05, 4.69) is 9.97 Å². The normalized spacial score (nSPS) is 11.7. The van der Waals surface area contributed by atoms with Crippen molar-refractivity contribution >= 4 is 9.84 Å². The maximum absolute atomic E-state index is 11.3. The van der Waals surface area contributed by atoms with E-state index in [1.165, 1.54) is 6.26 Å². The third-order valence-corrected chi connectivity index (χ3v) is 3.73. The summed E-state index contributed by atoms with van der Waals surface area (Å²) in [5, 5.41) is 0. The van der Waals surface area contributed by atoms with Crippen LogP contribution in [0.1, 0.15) is 5.82 Å². The van der Waals surface area contributed by atoms with Gasteiger partial charge < -0.3 is 10.7 Å². The fourth-order valence-electron chi connectivity index (χ4n) is 1.65. The van der Waals surface area contributed by atoms with Gasteiger partial charge in [0.2, 0.25) is 0 Å². The molecular weight excluding hydrogens is 250 g/mol. The van der Waals surface area contributed by atoms with Crippen molar-refractivity contribution in [2.75, 3.05) is 12.8 Å². The minimum absolute atomic E-state index is 0.313. The van der Waals surface area contributed by atoms with Gasteiger partial charge in [-0.25, -0.2) is 13.4 Å². The molecule has 0 fully saturated rings. The number of rotatable bonds is 4. The van der Waals surface area contributed by atoms with Gasteiger partial charge in [-0.2, -0.15) is 0 Å². The Morgan fingerprint density at radius 3 is 2.50 bits per heavy atom. The number of H-pyrrole nitrogens is 1. The van der Waals surface area contributed by atoms with Crippen molar-refractivity contribution < 1.29 is 8.42 Å². The van der Waals surface area contributed by atoms with E-state index in [9.17, 15) is 8.42 Å². The molecule has 0 bridgehead atoms. The maximum Gasteiger partial charge on any atom is 0.175 e. The highest BCUT2D eigenvalue weighted by Crippen LogP contribution is 2.19. The topological polar surface area (TPSA) is 88.8 Å². The largest absolute Gasteiger partial charge is 0.342 e. The van der Waals surface area contributed by atoms with Crippen molar-refractivity contribution in [1.29, 1.82) is 0 Å². The zero-order chi connectivity index (χ0) is 13.2. The second kappa shape index (κ2) is 4.91. The Labute approximate surface area is 106 Å². The van der Waals surface area contributed by atoms with Gasteiger partial charge in [0.15, 0.2) is 9.84 Å². The van der Waals surface area contributed by atoms with Crippen molar-refractivity contribution in [3.63, 3.8) is 0 Å². The first-order valence-corrected chi connectivity index (χ1v) is 7.44. The summed E-state index contributed by atoms with van der Waals surface area (Å²) in [4.78, 5) is 7.66. The van der Waals surface area contributed by atoms with Crippen molar-refractivity contribution in [3.8, 4) is 11.3 Å². The molecule has 0 amide bonds. The lowest BCUT2D eigenvalue weighted by Gasteiger charge is -2.00. The average molecular weight is 265 g/mol. The van der Waals surface area contributed by atoms with Crippen LogP contribution in [0, 0.1) is 0 Å². The summed E-state index contributed by atoms with van der Waals surface area (Å²) < 4.78 is 22.7. The number of nitrogens with two attached hydrogens (primary N) is 1. The maximum atomic E-state index is 11.3. The second-order valence-electron chi connectivity index (χ2n) is 4.08. The van der Waals surface area contributed by atoms with Crippen LogP contribution in [0.5, 0.6) is 0 Å². The van der Waals surface area contributed by atoms with Crippen molar-refractivity contribution in [1.82, 2.24) is 9.97 Å². The van der Waals surface area contributed by atoms with Crippen LogP contribution in [0.3, 0.4) is 0 Å². The second-order valence-corrected chi connectivity index (χ2v) is 6.09. The highest BCUT2D eigenvalue weighted by Gasteiger charge is 2.08. The van der Waals surface area contributed by atoms with Crippen LogP contribution in [0.2, 0.25) is 0 Å². The van der Waals surface area contributed by atoms with Crippen LogP contribution < -0.4 is 5.73 Å². The SMILES string of the molecule is CS(=O)(=O)c1ccc(-c2cnc(CCN)[nH]2)cc1. The van der Waals surface area contributed by atoms with Gasteiger partial charge in [0, 0.05) is 12.7 Å². The van der Waals surface area contributed by atoms with E-state index < -0.39 is 9.84 Å². The standard InChI is InChI=1S/C12H15N3O2S/c1-18(16,17)10-4-2-9(3-5-10)11-8-14-12(15-11)6-7-13/h2-5,8H,6-7,13H2,1H3,(H,14,15). The predicted molar refractivity (Wildman–Crippen MR) is 69.9 cm³/mol. The molecule has 0 atom stereocenters. The Bertz CT molecular complexity index is 630. The first kappa shape index (κ1) is 12.8. The molecule has 0 aliphatic rings. The summed E-state index contributed by atoms with van der Waals surface area (Å²) >= 11 is 0. The van der Waals surface area contributed by atoms with E-state index in [0.29, 0.717) is 17.9 Å². The molecule has 1 heterocycles. The molecule has 0 spiro atoms. The van der Waals surface area contributed by atoms with E-state index in [0.717, 1.165) is 17.1 Å². The van der Waals surface area contributed by atoms with Crippen molar-refractivity contribution in [2.24, 2.45) is 5.73 Å². The molecule has 5 nitrogen and oxygen atoms in total. The molecule has 1 aromatic heterocycles. The van der Waals surface area contributed by atoms with Crippen molar-refractivity contribution in [3.05, 3.63) is 36.3 Å². The number of benzene rings is 1. The number of nitrogens with one attached hydrogen (secondary N) is 1. The lowest BCUT2D eigenvalue weighted by molar-refractivity contribution is 0.602. The van der Waals surface area contributed by atoms with Gasteiger partial charge in [-0.3, -0.25) is 0 Å². The number of aromatic amines is 1. The Morgan fingerprint density at radius 2 is 1.94 bits per heavy atom. The lowest BCUT2D eigenvalue weighted by atomic mass is 10.2. The van der Waals surface area contributed by atoms with Gasteiger partial charge >= 0.3 is 0 Å². The van der Waals surface area contributed by atoms with E-state index in [1.807, 2.05) is 0 Å². The van der Waals surface area contributed by atoms with Gasteiger partial charge in [-0.15, -0.1) is 0 Å². The third-order valence-electron chi connectivity index (χ3n) is 2.60. The Kier molecular flexibility index (Phi) is 3.49. The molecular formula is C12H15N3O2S. The van der Waals surface area contributed by atoms with E-state index >= 15 is 0 Å². The number of sulfone groups is 1. The number of hydrogen-bond donors (Lipinski definition) is 2. The zero-order valence-electron chi connectivity index (χ0n) is 10.1. The van der Waals surface area contributed by atoms with E-state index in [4.69, 9.17) is 5.73 Å². The molecule has 0 aliphatic carbocycles. The van der Waals surface area contributed by atoms with Gasteiger partial charge in [-0.1, -0.05) is 12.1 Å². The molecule has 6 heteroatoms. The summed E-state index contributed by atoms with van der Waals surface area (Å²) in [7, 11) is -3.15. The first-order chi connectivity index (χ1) is 8.50. The van der Waals surface area contributed by atoms with Gasteiger partial charge in [0.05, 0.1) is 16.8 Å². The molecule has 0 unspecified atom stereocenters. The fraction of sp³-hybridized carbons (Fsp3) is 0.250. The molecule has 2 rings (SSSR count). The summed E-state index contributed by atoms with van der Waals surface area (Å²) in [6.07, 6.45) is 3.61.